The van der Waals surface area contributed by atoms with Gasteiger partial charge in [0, 0.05) is 5.92 Å². The highest BCUT2D eigenvalue weighted by molar-refractivity contribution is 5.83. The van der Waals surface area contributed by atoms with Crippen LogP contribution in [0.1, 0.15) is 35.1 Å². The van der Waals surface area contributed by atoms with Gasteiger partial charge in [-0.3, -0.25) is 4.79 Å². The van der Waals surface area contributed by atoms with Gasteiger partial charge in [-0.15, -0.1) is 0 Å². The van der Waals surface area contributed by atoms with E-state index in [4.69, 9.17) is 5.26 Å². The van der Waals surface area contributed by atoms with Gasteiger partial charge in [0.15, 0.2) is 0 Å². The second kappa shape index (κ2) is 6.23. The number of phenols is 1. The number of carbonyl (C=O) groups is 1. The number of hydrogen-bond acceptors (Lipinski definition) is 3. The van der Waals surface area contributed by atoms with Crippen LogP contribution >= 0.6 is 0 Å². The van der Waals surface area contributed by atoms with Gasteiger partial charge in [0.2, 0.25) is 0 Å². The van der Waals surface area contributed by atoms with Gasteiger partial charge in [0.25, 0.3) is 0 Å². The Kier molecular flexibility index (Phi) is 4.39. The average Bonchev–Trinajstić information content (AvgIpc) is 2.48. The van der Waals surface area contributed by atoms with Gasteiger partial charge in [-0.25, -0.2) is 0 Å². The Morgan fingerprint density at radius 2 is 1.95 bits per heavy atom. The predicted molar refractivity (Wildman–Crippen MR) is 81.1 cm³/mol. The molecule has 3 nitrogen and oxygen atoms in total. The molecule has 0 radical (unpaired) electrons. The Labute approximate surface area is 124 Å². The van der Waals surface area contributed by atoms with Crippen LogP contribution in [0.3, 0.4) is 0 Å². The first-order valence-corrected chi connectivity index (χ1v) is 6.81. The fourth-order valence-corrected chi connectivity index (χ4v) is 2.47. The number of Topliss-reactive ketones (excluding diaryl/α,β-unsaturated/α-hetero) is 1. The minimum atomic E-state index is -0.235. The number of aromatic hydroxyl groups is 1. The molecule has 0 aliphatic carbocycles. The summed E-state index contributed by atoms with van der Waals surface area (Å²) in [6.45, 7) is 3.33. The van der Waals surface area contributed by atoms with Crippen LogP contribution in [0.5, 0.6) is 5.75 Å². The first-order chi connectivity index (χ1) is 10.0. The van der Waals surface area contributed by atoms with E-state index in [0.717, 1.165) is 11.1 Å². The van der Waals surface area contributed by atoms with Gasteiger partial charge in [0.1, 0.15) is 17.6 Å². The van der Waals surface area contributed by atoms with Gasteiger partial charge in [-0.05, 0) is 43.0 Å². The molecule has 0 saturated heterocycles. The minimum Gasteiger partial charge on any atom is -0.506 e. The van der Waals surface area contributed by atoms with Crippen LogP contribution in [0.15, 0.2) is 42.5 Å². The predicted octanol–water partition coefficient (Wildman–Crippen LogP) is 3.49. The largest absolute Gasteiger partial charge is 0.506 e. The SMILES string of the molecule is CC(=O)C(Cc1cc(C)c(O)c(C#N)c1)c1ccccc1. The summed E-state index contributed by atoms with van der Waals surface area (Å²) < 4.78 is 0. The molecule has 0 spiro atoms. The lowest BCUT2D eigenvalue weighted by molar-refractivity contribution is -0.118. The highest BCUT2D eigenvalue weighted by Crippen LogP contribution is 2.27. The van der Waals surface area contributed by atoms with Crippen molar-refractivity contribution in [1.29, 1.82) is 5.26 Å². The molecule has 0 bridgehead atoms. The van der Waals surface area contributed by atoms with Gasteiger partial charge in [-0.1, -0.05) is 36.4 Å². The van der Waals surface area contributed by atoms with Gasteiger partial charge in [-0.2, -0.15) is 5.26 Å². The van der Waals surface area contributed by atoms with Crippen LogP contribution in [0.2, 0.25) is 0 Å². The first kappa shape index (κ1) is 14.8. The molecule has 0 amide bonds. The number of hydrogen-bond donors (Lipinski definition) is 1. The van der Waals surface area contributed by atoms with Gasteiger partial charge >= 0.3 is 0 Å². The van der Waals surface area contributed by atoms with E-state index in [1.807, 2.05) is 42.5 Å². The Morgan fingerprint density at radius 3 is 2.52 bits per heavy atom. The van der Waals surface area contributed by atoms with Crippen molar-refractivity contribution in [2.24, 2.45) is 0 Å². The van der Waals surface area contributed by atoms with Crippen molar-refractivity contribution in [2.75, 3.05) is 0 Å². The number of nitriles is 1. The second-order valence-electron chi connectivity index (χ2n) is 5.20. The molecule has 0 aliphatic heterocycles. The van der Waals surface area contributed by atoms with Crippen LogP contribution in [-0.4, -0.2) is 10.9 Å². The molecule has 0 heterocycles. The molecule has 106 valence electrons. The topological polar surface area (TPSA) is 61.1 Å². The van der Waals surface area contributed by atoms with Crippen molar-refractivity contribution < 1.29 is 9.90 Å². The van der Waals surface area contributed by atoms with Crippen molar-refractivity contribution >= 4 is 5.78 Å². The highest BCUT2D eigenvalue weighted by atomic mass is 16.3. The molecule has 2 aromatic rings. The van der Waals surface area contributed by atoms with Crippen LogP contribution < -0.4 is 0 Å². The Bertz CT molecular complexity index is 699. The van der Waals surface area contributed by atoms with Crippen LogP contribution in [-0.2, 0) is 11.2 Å². The molecule has 1 unspecified atom stereocenters. The van der Waals surface area contributed by atoms with E-state index in [0.29, 0.717) is 12.0 Å². The van der Waals surface area contributed by atoms with Crippen molar-refractivity contribution in [3.05, 3.63) is 64.7 Å². The molecule has 3 heteroatoms. The van der Waals surface area contributed by atoms with E-state index in [1.54, 1.807) is 19.9 Å². The average molecular weight is 279 g/mol. The van der Waals surface area contributed by atoms with Crippen LogP contribution in [0.25, 0.3) is 0 Å². The number of nitrogens with zero attached hydrogens (tertiary/aromatic N) is 1. The summed E-state index contributed by atoms with van der Waals surface area (Å²) in [5.41, 5.74) is 2.75. The smallest absolute Gasteiger partial charge is 0.137 e. The van der Waals surface area contributed by atoms with E-state index in [1.165, 1.54) is 0 Å². The molecule has 0 saturated carbocycles. The lowest BCUT2D eigenvalue weighted by Crippen LogP contribution is -2.12. The minimum absolute atomic E-state index is 0.0142. The molecule has 0 aliphatic rings. The lowest BCUT2D eigenvalue weighted by Gasteiger charge is -2.15. The number of benzene rings is 2. The summed E-state index contributed by atoms with van der Waals surface area (Å²) in [6.07, 6.45) is 0.523. The zero-order chi connectivity index (χ0) is 15.4. The first-order valence-electron chi connectivity index (χ1n) is 6.81. The van der Waals surface area contributed by atoms with E-state index in [2.05, 4.69) is 0 Å². The maximum Gasteiger partial charge on any atom is 0.137 e. The third kappa shape index (κ3) is 3.29. The van der Waals surface area contributed by atoms with E-state index in [-0.39, 0.29) is 23.0 Å². The third-order valence-corrected chi connectivity index (χ3v) is 3.61. The zero-order valence-electron chi connectivity index (χ0n) is 12.1. The van der Waals surface area contributed by atoms with Crippen LogP contribution in [0.4, 0.5) is 0 Å². The standard InChI is InChI=1S/C18H17NO2/c1-12-8-14(9-16(11-19)18(12)21)10-17(13(2)20)15-6-4-3-5-7-15/h3-9,17,21H,10H2,1-2H3. The van der Waals surface area contributed by atoms with Crippen molar-refractivity contribution in [1.82, 2.24) is 0 Å². The molecule has 1 N–H and O–H groups in total. The Hall–Kier alpha value is -2.60. The summed E-state index contributed by atoms with van der Waals surface area (Å²) >= 11 is 0. The fraction of sp³-hybridized carbons (Fsp3) is 0.222. The molecular weight excluding hydrogens is 262 g/mol. The summed E-state index contributed by atoms with van der Waals surface area (Å²) in [5.74, 6) is -0.132. The normalized spacial score (nSPS) is 11.7. The van der Waals surface area contributed by atoms with Crippen molar-refractivity contribution in [3.63, 3.8) is 0 Å². The molecule has 0 fully saturated rings. The van der Waals surface area contributed by atoms with E-state index >= 15 is 0 Å². The Morgan fingerprint density at radius 1 is 1.29 bits per heavy atom. The zero-order valence-corrected chi connectivity index (χ0v) is 12.1. The molecule has 0 aromatic heterocycles. The van der Waals surface area contributed by atoms with Crippen LogP contribution in [0, 0.1) is 18.3 Å². The van der Waals surface area contributed by atoms with E-state index in [9.17, 15) is 9.90 Å². The summed E-state index contributed by atoms with van der Waals surface area (Å²) in [7, 11) is 0. The van der Waals surface area contributed by atoms with E-state index < -0.39 is 0 Å². The molecule has 2 aromatic carbocycles. The maximum absolute atomic E-state index is 11.9. The lowest BCUT2D eigenvalue weighted by atomic mass is 9.88. The summed E-state index contributed by atoms with van der Waals surface area (Å²) in [4.78, 5) is 11.9. The highest BCUT2D eigenvalue weighted by Gasteiger charge is 2.18. The van der Waals surface area contributed by atoms with Gasteiger partial charge < -0.3 is 5.11 Å². The van der Waals surface area contributed by atoms with Crippen molar-refractivity contribution in [2.45, 2.75) is 26.2 Å². The molecule has 1 atom stereocenters. The molecular formula is C18H17NO2. The maximum atomic E-state index is 11.9. The quantitative estimate of drug-likeness (QED) is 0.932. The fourth-order valence-electron chi connectivity index (χ4n) is 2.47. The Balaban J connectivity index is 2.37. The van der Waals surface area contributed by atoms with Gasteiger partial charge in [0.05, 0.1) is 5.56 Å². The number of carbonyl (C=O) groups excluding carboxylic acids is 1. The summed E-state index contributed by atoms with van der Waals surface area (Å²) in [6, 6.07) is 15.1. The number of rotatable bonds is 4. The monoisotopic (exact) mass is 279 g/mol. The molecule has 21 heavy (non-hydrogen) atoms. The number of aryl methyl sites for hydroxylation is 1. The molecule has 2 rings (SSSR count). The summed E-state index contributed by atoms with van der Waals surface area (Å²) in [5, 5.41) is 18.8. The number of phenolic OH excluding ortho intramolecular Hbond substituents is 1. The second-order valence-corrected chi connectivity index (χ2v) is 5.20. The third-order valence-electron chi connectivity index (χ3n) is 3.61. The van der Waals surface area contributed by atoms with Crippen molar-refractivity contribution in [3.8, 4) is 11.8 Å². The number of ketones is 1.